The first-order valence-corrected chi connectivity index (χ1v) is 7.78. The molecule has 2 rings (SSSR count). The Morgan fingerprint density at radius 1 is 1.05 bits per heavy atom. The Hall–Kier alpha value is -0.890. The first-order valence-electron chi connectivity index (χ1n) is 7.40. The molecule has 1 N–H and O–H groups in total. The largest absolute Gasteiger partial charge is 0.382 e. The molecule has 0 aliphatic heterocycles. The summed E-state index contributed by atoms with van der Waals surface area (Å²) in [6, 6.07) is 6.89. The van der Waals surface area contributed by atoms with Crippen LogP contribution in [0.2, 0.25) is 5.02 Å². The zero-order valence-corrected chi connectivity index (χ0v) is 12.8. The van der Waals surface area contributed by atoms with E-state index in [4.69, 9.17) is 11.6 Å². The quantitative estimate of drug-likeness (QED) is 0.844. The van der Waals surface area contributed by atoms with E-state index >= 15 is 0 Å². The van der Waals surface area contributed by atoms with E-state index in [-0.39, 0.29) is 0 Å². The molecule has 0 radical (unpaired) electrons. The number of anilines is 2. The SMILES string of the molecule is CN(C)c1ccc(NC2CCCCCCC2)cc1Cl. The summed E-state index contributed by atoms with van der Waals surface area (Å²) in [7, 11) is 4.03. The van der Waals surface area contributed by atoms with Gasteiger partial charge in [0, 0.05) is 25.8 Å². The summed E-state index contributed by atoms with van der Waals surface area (Å²) in [5.74, 6) is 0. The van der Waals surface area contributed by atoms with E-state index < -0.39 is 0 Å². The lowest BCUT2D eigenvalue weighted by atomic mass is 9.96. The topological polar surface area (TPSA) is 15.3 Å². The standard InChI is InChI=1S/C16H25ClN2/c1-19(2)16-11-10-14(12-15(16)17)18-13-8-6-4-3-5-7-9-13/h10-13,18H,3-9H2,1-2H3. The van der Waals surface area contributed by atoms with Crippen molar-refractivity contribution >= 4 is 23.0 Å². The van der Waals surface area contributed by atoms with E-state index in [0.29, 0.717) is 6.04 Å². The highest BCUT2D eigenvalue weighted by Crippen LogP contribution is 2.29. The average molecular weight is 281 g/mol. The van der Waals surface area contributed by atoms with Crippen molar-refractivity contribution in [3.8, 4) is 0 Å². The van der Waals surface area contributed by atoms with Crippen molar-refractivity contribution in [2.75, 3.05) is 24.3 Å². The lowest BCUT2D eigenvalue weighted by Gasteiger charge is -2.23. The van der Waals surface area contributed by atoms with Gasteiger partial charge in [0.1, 0.15) is 0 Å². The minimum Gasteiger partial charge on any atom is -0.382 e. The highest BCUT2D eigenvalue weighted by atomic mass is 35.5. The van der Waals surface area contributed by atoms with Crippen LogP contribution in [0.15, 0.2) is 18.2 Å². The predicted molar refractivity (Wildman–Crippen MR) is 85.5 cm³/mol. The van der Waals surface area contributed by atoms with E-state index in [1.54, 1.807) is 0 Å². The maximum atomic E-state index is 6.32. The fourth-order valence-corrected chi connectivity index (χ4v) is 3.15. The third-order valence-electron chi connectivity index (χ3n) is 3.91. The molecule has 106 valence electrons. The zero-order valence-electron chi connectivity index (χ0n) is 12.1. The molecule has 1 aromatic rings. The Morgan fingerprint density at radius 3 is 2.26 bits per heavy atom. The molecular formula is C16H25ClN2. The van der Waals surface area contributed by atoms with Gasteiger partial charge in [-0.05, 0) is 31.0 Å². The van der Waals surface area contributed by atoms with Gasteiger partial charge in [0.2, 0.25) is 0 Å². The summed E-state index contributed by atoms with van der Waals surface area (Å²) in [5.41, 5.74) is 2.23. The molecular weight excluding hydrogens is 256 g/mol. The molecule has 0 heterocycles. The van der Waals surface area contributed by atoms with Gasteiger partial charge in [-0.3, -0.25) is 0 Å². The Labute approximate surface area is 122 Å². The molecule has 0 unspecified atom stereocenters. The lowest BCUT2D eigenvalue weighted by Crippen LogP contribution is -2.20. The molecule has 0 spiro atoms. The van der Waals surface area contributed by atoms with E-state index in [9.17, 15) is 0 Å². The van der Waals surface area contributed by atoms with Crippen molar-refractivity contribution in [2.24, 2.45) is 0 Å². The van der Waals surface area contributed by atoms with E-state index in [0.717, 1.165) is 16.4 Å². The van der Waals surface area contributed by atoms with Crippen LogP contribution < -0.4 is 10.2 Å². The van der Waals surface area contributed by atoms with E-state index in [1.807, 2.05) is 19.0 Å². The molecule has 0 bridgehead atoms. The maximum Gasteiger partial charge on any atom is 0.0659 e. The first-order chi connectivity index (χ1) is 9.16. The average Bonchev–Trinajstić information content (AvgIpc) is 2.32. The second kappa shape index (κ2) is 7.04. The Bertz CT molecular complexity index is 396. The molecule has 0 amide bonds. The molecule has 2 nitrogen and oxygen atoms in total. The van der Waals surface area contributed by atoms with Crippen LogP contribution in [0.4, 0.5) is 11.4 Å². The number of nitrogens with one attached hydrogen (secondary N) is 1. The van der Waals surface area contributed by atoms with Crippen molar-refractivity contribution in [3.05, 3.63) is 23.2 Å². The van der Waals surface area contributed by atoms with Crippen LogP contribution in [-0.2, 0) is 0 Å². The fourth-order valence-electron chi connectivity index (χ4n) is 2.80. The normalized spacial score (nSPS) is 17.6. The number of hydrogen-bond donors (Lipinski definition) is 1. The van der Waals surface area contributed by atoms with E-state index in [1.165, 1.54) is 44.9 Å². The summed E-state index contributed by atoms with van der Waals surface area (Å²) in [5, 5.41) is 4.47. The van der Waals surface area contributed by atoms with Gasteiger partial charge in [-0.25, -0.2) is 0 Å². The van der Waals surface area contributed by atoms with Crippen LogP contribution in [0.3, 0.4) is 0 Å². The highest BCUT2D eigenvalue weighted by molar-refractivity contribution is 6.33. The lowest BCUT2D eigenvalue weighted by molar-refractivity contribution is 0.471. The second-order valence-corrected chi connectivity index (χ2v) is 6.15. The van der Waals surface area contributed by atoms with Crippen LogP contribution >= 0.6 is 11.6 Å². The first kappa shape index (κ1) is 14.5. The maximum absolute atomic E-state index is 6.32. The van der Waals surface area contributed by atoms with Crippen LogP contribution in [0, 0.1) is 0 Å². The Morgan fingerprint density at radius 2 is 1.68 bits per heavy atom. The van der Waals surface area contributed by atoms with Gasteiger partial charge >= 0.3 is 0 Å². The van der Waals surface area contributed by atoms with Crippen molar-refractivity contribution < 1.29 is 0 Å². The molecule has 1 saturated carbocycles. The zero-order chi connectivity index (χ0) is 13.7. The van der Waals surface area contributed by atoms with Crippen LogP contribution in [0.25, 0.3) is 0 Å². The predicted octanol–water partition coefficient (Wildman–Crippen LogP) is 4.93. The molecule has 3 heteroatoms. The summed E-state index contributed by atoms with van der Waals surface area (Å²) >= 11 is 6.32. The summed E-state index contributed by atoms with van der Waals surface area (Å²) < 4.78 is 0. The van der Waals surface area contributed by atoms with Crippen molar-refractivity contribution in [1.29, 1.82) is 0 Å². The molecule has 1 fully saturated rings. The smallest absolute Gasteiger partial charge is 0.0659 e. The molecule has 19 heavy (non-hydrogen) atoms. The van der Waals surface area contributed by atoms with E-state index in [2.05, 4.69) is 23.5 Å². The van der Waals surface area contributed by atoms with Crippen molar-refractivity contribution in [1.82, 2.24) is 0 Å². The Balaban J connectivity index is 1.99. The highest BCUT2D eigenvalue weighted by Gasteiger charge is 2.12. The number of nitrogens with zero attached hydrogens (tertiary/aromatic N) is 1. The van der Waals surface area contributed by atoms with Gasteiger partial charge in [0.05, 0.1) is 10.7 Å². The molecule has 1 aliphatic carbocycles. The molecule has 0 aromatic heterocycles. The number of benzene rings is 1. The third-order valence-corrected chi connectivity index (χ3v) is 4.21. The van der Waals surface area contributed by atoms with Crippen LogP contribution in [0.5, 0.6) is 0 Å². The van der Waals surface area contributed by atoms with Crippen molar-refractivity contribution in [2.45, 2.75) is 51.0 Å². The molecule has 1 aromatic carbocycles. The third kappa shape index (κ3) is 4.31. The second-order valence-electron chi connectivity index (χ2n) is 5.75. The fraction of sp³-hybridized carbons (Fsp3) is 0.625. The summed E-state index contributed by atoms with van der Waals surface area (Å²) in [4.78, 5) is 2.04. The van der Waals surface area contributed by atoms with Gasteiger partial charge in [-0.2, -0.15) is 0 Å². The number of hydrogen-bond acceptors (Lipinski definition) is 2. The van der Waals surface area contributed by atoms with Gasteiger partial charge in [-0.15, -0.1) is 0 Å². The summed E-state index contributed by atoms with van der Waals surface area (Å²) in [6.45, 7) is 0. The van der Waals surface area contributed by atoms with Gasteiger partial charge in [-0.1, -0.05) is 43.7 Å². The van der Waals surface area contributed by atoms with Gasteiger partial charge < -0.3 is 10.2 Å². The number of halogens is 1. The summed E-state index contributed by atoms with van der Waals surface area (Å²) in [6.07, 6.45) is 9.45. The number of rotatable bonds is 3. The monoisotopic (exact) mass is 280 g/mol. The van der Waals surface area contributed by atoms with Gasteiger partial charge in [0.25, 0.3) is 0 Å². The van der Waals surface area contributed by atoms with Crippen LogP contribution in [0.1, 0.15) is 44.9 Å². The molecule has 1 aliphatic rings. The minimum absolute atomic E-state index is 0.613. The molecule has 0 atom stereocenters. The Kier molecular flexibility index (Phi) is 5.38. The van der Waals surface area contributed by atoms with Gasteiger partial charge in [0.15, 0.2) is 0 Å². The minimum atomic E-state index is 0.613. The van der Waals surface area contributed by atoms with Crippen molar-refractivity contribution in [3.63, 3.8) is 0 Å². The molecule has 0 saturated heterocycles. The van der Waals surface area contributed by atoms with Crippen LogP contribution in [-0.4, -0.2) is 20.1 Å².